The fraction of sp³-hybridized carbons (Fsp3) is 0.364. The van der Waals surface area contributed by atoms with Crippen LogP contribution in [-0.2, 0) is 24.3 Å². The molecule has 0 N–H and O–H groups in total. The summed E-state index contributed by atoms with van der Waals surface area (Å²) in [6.45, 7) is 2.55. The molecule has 12 heteroatoms. The lowest BCUT2D eigenvalue weighted by atomic mass is 10.2. The molecule has 2 aliphatic heterocycles. The van der Waals surface area contributed by atoms with Gasteiger partial charge in [0, 0.05) is 31.2 Å². The van der Waals surface area contributed by atoms with Gasteiger partial charge in [0.05, 0.1) is 30.3 Å². The summed E-state index contributed by atoms with van der Waals surface area (Å²) in [6, 6.07) is 7.62. The van der Waals surface area contributed by atoms with Gasteiger partial charge < -0.3 is 4.74 Å². The molecule has 8 nitrogen and oxygen atoms in total. The van der Waals surface area contributed by atoms with E-state index in [1.165, 1.54) is 30.3 Å². The first-order valence-electron chi connectivity index (χ1n) is 10.6. The van der Waals surface area contributed by atoms with E-state index in [9.17, 15) is 22.4 Å². The van der Waals surface area contributed by atoms with E-state index in [-0.39, 0.29) is 33.6 Å². The second kappa shape index (κ2) is 10.3. The monoisotopic (exact) mass is 529 g/mol. The number of anilines is 1. The van der Waals surface area contributed by atoms with Gasteiger partial charge in [-0.2, -0.15) is 4.31 Å². The largest absolute Gasteiger partial charge is 0.379 e. The second-order valence-corrected chi connectivity index (χ2v) is 10.6. The first kappa shape index (κ1) is 25.0. The number of hydrogen-bond donors (Lipinski definition) is 0. The zero-order valence-corrected chi connectivity index (χ0v) is 20.3. The molecule has 2 aromatic rings. The molecule has 4 rings (SSSR count). The lowest BCUT2D eigenvalue weighted by Gasteiger charge is -2.31. The number of ether oxygens (including phenoxy) is 1. The molecule has 0 aliphatic carbocycles. The van der Waals surface area contributed by atoms with Crippen molar-refractivity contribution in [2.75, 3.05) is 44.3 Å². The molecule has 0 radical (unpaired) electrons. The van der Waals surface area contributed by atoms with Crippen molar-refractivity contribution in [2.24, 2.45) is 0 Å². The highest BCUT2D eigenvalue weighted by Gasteiger charge is 2.47. The predicted octanol–water partition coefficient (Wildman–Crippen LogP) is 2.79. The predicted molar refractivity (Wildman–Crippen MR) is 125 cm³/mol. The van der Waals surface area contributed by atoms with Crippen molar-refractivity contribution in [2.45, 2.75) is 17.4 Å². The molecule has 1 atom stereocenters. The topological polar surface area (TPSA) is 87.2 Å². The van der Waals surface area contributed by atoms with Crippen molar-refractivity contribution >= 4 is 50.7 Å². The Hall–Kier alpha value is -2.08. The zero-order chi connectivity index (χ0) is 24.5. The van der Waals surface area contributed by atoms with Gasteiger partial charge in [-0.15, -0.1) is 0 Å². The molecule has 1 unspecified atom stereocenters. The summed E-state index contributed by atoms with van der Waals surface area (Å²) in [5.41, 5.74) is 0.171. The number of halogens is 3. The number of benzene rings is 2. The van der Waals surface area contributed by atoms with Crippen LogP contribution in [0.15, 0.2) is 47.4 Å². The smallest absolute Gasteiger partial charge is 0.252 e. The van der Waals surface area contributed by atoms with Gasteiger partial charge in [-0.1, -0.05) is 23.2 Å². The van der Waals surface area contributed by atoms with E-state index in [0.717, 1.165) is 21.3 Å². The number of amides is 2. The van der Waals surface area contributed by atoms with Crippen LogP contribution in [0.4, 0.5) is 10.1 Å². The van der Waals surface area contributed by atoms with Crippen LogP contribution in [0.2, 0.25) is 10.0 Å². The van der Waals surface area contributed by atoms with E-state index >= 15 is 0 Å². The third-order valence-corrected chi connectivity index (χ3v) is 8.40. The van der Waals surface area contributed by atoms with Gasteiger partial charge in [0.25, 0.3) is 5.91 Å². The number of rotatable bonds is 7. The summed E-state index contributed by atoms with van der Waals surface area (Å²) in [4.78, 5) is 28.8. The Bertz CT molecular complexity index is 1190. The number of carbonyl (C=O) groups excluding carboxylic acids is 2. The maximum atomic E-state index is 13.7. The quantitative estimate of drug-likeness (QED) is 0.512. The Labute approximate surface area is 206 Å². The average molecular weight is 530 g/mol. The minimum absolute atomic E-state index is 0.0482. The maximum absolute atomic E-state index is 13.7. The number of nitrogens with zero attached hydrogens (tertiary/aromatic N) is 3. The van der Waals surface area contributed by atoms with E-state index in [1.54, 1.807) is 0 Å². The first-order chi connectivity index (χ1) is 16.2. The molecule has 34 heavy (non-hydrogen) atoms. The highest BCUT2D eigenvalue weighted by molar-refractivity contribution is 7.89. The SMILES string of the molecule is O=C1CC(N(CCN2CCOCC2)S(=O)(=O)c2cc(Cl)ccc2Cl)C(=O)N1c1ccc(F)cc1. The fourth-order valence-electron chi connectivity index (χ4n) is 4.01. The van der Waals surface area contributed by atoms with Crippen molar-refractivity contribution in [1.29, 1.82) is 0 Å². The average Bonchev–Trinajstić information content (AvgIpc) is 3.10. The van der Waals surface area contributed by atoms with Crippen LogP contribution < -0.4 is 4.90 Å². The van der Waals surface area contributed by atoms with Crippen LogP contribution in [0.3, 0.4) is 0 Å². The van der Waals surface area contributed by atoms with E-state index in [2.05, 4.69) is 0 Å². The third-order valence-electron chi connectivity index (χ3n) is 5.78. The lowest BCUT2D eigenvalue weighted by Crippen LogP contribution is -2.49. The molecule has 2 saturated heterocycles. The molecular formula is C22H22Cl2FN3O5S. The van der Waals surface area contributed by atoms with Gasteiger partial charge in [-0.25, -0.2) is 17.7 Å². The Balaban J connectivity index is 1.68. The van der Waals surface area contributed by atoms with Crippen LogP contribution in [0, 0.1) is 5.82 Å². The molecular weight excluding hydrogens is 508 g/mol. The van der Waals surface area contributed by atoms with E-state index in [1.807, 2.05) is 4.90 Å². The summed E-state index contributed by atoms with van der Waals surface area (Å²) in [7, 11) is -4.31. The van der Waals surface area contributed by atoms with Gasteiger partial charge >= 0.3 is 0 Å². The lowest BCUT2D eigenvalue weighted by molar-refractivity contribution is -0.122. The molecule has 182 valence electrons. The van der Waals surface area contributed by atoms with E-state index < -0.39 is 33.7 Å². The number of carbonyl (C=O) groups is 2. The summed E-state index contributed by atoms with van der Waals surface area (Å²) in [5, 5.41) is 0.116. The molecule has 2 fully saturated rings. The Morgan fingerprint density at radius 1 is 1.06 bits per heavy atom. The van der Waals surface area contributed by atoms with E-state index in [0.29, 0.717) is 32.8 Å². The number of imide groups is 1. The van der Waals surface area contributed by atoms with Crippen LogP contribution in [0.1, 0.15) is 6.42 Å². The first-order valence-corrected chi connectivity index (χ1v) is 12.8. The van der Waals surface area contributed by atoms with Gasteiger partial charge in [0.2, 0.25) is 15.9 Å². The minimum Gasteiger partial charge on any atom is -0.379 e. The number of sulfonamides is 1. The summed E-state index contributed by atoms with van der Waals surface area (Å²) >= 11 is 12.2. The van der Waals surface area contributed by atoms with Gasteiger partial charge in [0.15, 0.2) is 0 Å². The molecule has 0 saturated carbocycles. The molecule has 0 bridgehead atoms. The van der Waals surface area contributed by atoms with Crippen LogP contribution in [0.5, 0.6) is 0 Å². The standard InChI is InChI=1S/C22H22Cl2FN3O5S/c23-15-1-6-18(24)20(13-15)34(31,32)27(8-7-26-9-11-33-12-10-26)19-14-21(29)28(22(19)30)17-4-2-16(25)3-5-17/h1-6,13,19H,7-12,14H2. The van der Waals surface area contributed by atoms with Crippen LogP contribution in [0.25, 0.3) is 0 Å². The highest BCUT2D eigenvalue weighted by Crippen LogP contribution is 2.33. The van der Waals surface area contributed by atoms with E-state index in [4.69, 9.17) is 27.9 Å². The van der Waals surface area contributed by atoms with Crippen molar-refractivity contribution in [3.63, 3.8) is 0 Å². The molecule has 0 aromatic heterocycles. The van der Waals surface area contributed by atoms with Gasteiger partial charge in [-0.05, 0) is 42.5 Å². The fourth-order valence-corrected chi connectivity index (χ4v) is 6.32. The Morgan fingerprint density at radius 3 is 2.41 bits per heavy atom. The summed E-state index contributed by atoms with van der Waals surface area (Å²) < 4.78 is 47.1. The Kier molecular flexibility index (Phi) is 7.56. The van der Waals surface area contributed by atoms with Gasteiger partial charge in [0.1, 0.15) is 16.8 Å². The second-order valence-electron chi connectivity index (χ2n) is 7.91. The molecule has 2 heterocycles. The van der Waals surface area contributed by atoms with Crippen LogP contribution in [-0.4, -0.2) is 74.9 Å². The molecule has 0 spiro atoms. The molecule has 2 aromatic carbocycles. The minimum atomic E-state index is -4.31. The molecule has 2 amide bonds. The van der Waals surface area contributed by atoms with Gasteiger partial charge in [-0.3, -0.25) is 14.5 Å². The number of morpholine rings is 1. The van der Waals surface area contributed by atoms with Crippen molar-refractivity contribution < 1.29 is 27.1 Å². The van der Waals surface area contributed by atoms with Crippen molar-refractivity contribution in [3.05, 3.63) is 58.3 Å². The Morgan fingerprint density at radius 2 is 1.74 bits per heavy atom. The highest BCUT2D eigenvalue weighted by atomic mass is 35.5. The normalized spacial score (nSPS) is 19.9. The maximum Gasteiger partial charge on any atom is 0.252 e. The molecule has 2 aliphatic rings. The summed E-state index contributed by atoms with van der Waals surface area (Å²) in [6.07, 6.45) is -0.350. The van der Waals surface area contributed by atoms with Crippen molar-refractivity contribution in [1.82, 2.24) is 9.21 Å². The third kappa shape index (κ3) is 5.12. The van der Waals surface area contributed by atoms with Crippen molar-refractivity contribution in [3.8, 4) is 0 Å². The summed E-state index contributed by atoms with van der Waals surface area (Å²) in [5.74, 6) is -1.81. The number of hydrogen-bond acceptors (Lipinski definition) is 6. The zero-order valence-electron chi connectivity index (χ0n) is 18.0. The van der Waals surface area contributed by atoms with Crippen LogP contribution >= 0.6 is 23.2 Å².